The Morgan fingerprint density at radius 1 is 1.31 bits per heavy atom. The Hall–Kier alpha value is -0.870. The molecule has 2 N–H and O–H groups in total. The number of hydrogen-bond acceptors (Lipinski definition) is 2. The Morgan fingerprint density at radius 2 is 1.85 bits per heavy atom. The normalized spacial score (nSPS) is 14.9. The van der Waals surface area contributed by atoms with Crippen LogP contribution in [0.4, 0.5) is 0 Å². The molecule has 0 fully saturated rings. The van der Waals surface area contributed by atoms with Gasteiger partial charge in [-0.15, -0.1) is 0 Å². The van der Waals surface area contributed by atoms with Crippen LogP contribution in [0.5, 0.6) is 0 Å². The topological polar surface area (TPSA) is 57.5 Å². The fourth-order valence-corrected chi connectivity index (χ4v) is 1.26. The van der Waals surface area contributed by atoms with Crippen molar-refractivity contribution in [2.45, 2.75) is 10.9 Å². The predicted molar refractivity (Wildman–Crippen MR) is 51.8 cm³/mol. The minimum Gasteiger partial charge on any atom is -0.480 e. The summed E-state index contributed by atoms with van der Waals surface area (Å²) in [6.45, 7) is 0. The maximum atomic E-state index is 10.5. The number of carbonyl (C=O) groups is 1. The summed E-state index contributed by atoms with van der Waals surface area (Å²) in [6.07, 6.45) is -1.02. The smallest absolute Gasteiger partial charge is 0.320 e. The Bertz CT molecular complexity index is 286. The first kappa shape index (κ1) is 10.2. The highest BCUT2D eigenvalue weighted by Crippen LogP contribution is 2.21. The van der Waals surface area contributed by atoms with Gasteiger partial charge in [0.1, 0.15) is 10.9 Å². The van der Waals surface area contributed by atoms with Gasteiger partial charge in [-0.25, -0.2) is 0 Å². The number of halogens is 1. The number of rotatable bonds is 3. The number of benzene rings is 1. The van der Waals surface area contributed by atoms with Gasteiger partial charge in [0.15, 0.2) is 0 Å². The van der Waals surface area contributed by atoms with Gasteiger partial charge in [0, 0.05) is 0 Å². The quantitative estimate of drug-likeness (QED) is 0.794. The number of aliphatic carboxylic acids is 1. The second-order valence-electron chi connectivity index (χ2n) is 2.60. The molecule has 0 amide bonds. The highest BCUT2D eigenvalue weighted by molar-refractivity contribution is 9.10. The molecular formula is C9H9BrO3. The molecule has 1 rings (SSSR count). The SMILES string of the molecule is O=C(O)[C@@H](Br)[C@H](O)c1ccccc1. The minimum absolute atomic E-state index is 0.590. The van der Waals surface area contributed by atoms with Crippen molar-refractivity contribution in [3.8, 4) is 0 Å². The van der Waals surface area contributed by atoms with Crippen molar-refractivity contribution in [3.05, 3.63) is 35.9 Å². The molecule has 13 heavy (non-hydrogen) atoms. The van der Waals surface area contributed by atoms with Crippen molar-refractivity contribution in [2.24, 2.45) is 0 Å². The monoisotopic (exact) mass is 244 g/mol. The van der Waals surface area contributed by atoms with Gasteiger partial charge in [-0.3, -0.25) is 4.79 Å². The van der Waals surface area contributed by atoms with Gasteiger partial charge >= 0.3 is 5.97 Å². The Morgan fingerprint density at radius 3 is 2.31 bits per heavy atom. The second-order valence-corrected chi connectivity index (χ2v) is 3.58. The van der Waals surface area contributed by atoms with Crippen LogP contribution in [0.25, 0.3) is 0 Å². The van der Waals surface area contributed by atoms with Crippen molar-refractivity contribution in [3.63, 3.8) is 0 Å². The van der Waals surface area contributed by atoms with Gasteiger partial charge in [0.2, 0.25) is 0 Å². The van der Waals surface area contributed by atoms with Gasteiger partial charge in [0.25, 0.3) is 0 Å². The number of hydrogen-bond donors (Lipinski definition) is 2. The third-order valence-electron chi connectivity index (χ3n) is 1.65. The molecule has 0 aliphatic rings. The van der Waals surface area contributed by atoms with Crippen molar-refractivity contribution in [1.82, 2.24) is 0 Å². The van der Waals surface area contributed by atoms with Crippen LogP contribution in [-0.2, 0) is 4.79 Å². The zero-order valence-electron chi connectivity index (χ0n) is 6.72. The van der Waals surface area contributed by atoms with Crippen LogP contribution in [-0.4, -0.2) is 21.0 Å². The van der Waals surface area contributed by atoms with Crippen LogP contribution in [0.1, 0.15) is 11.7 Å². The predicted octanol–water partition coefficient (Wildman–Crippen LogP) is 1.57. The van der Waals surface area contributed by atoms with Crippen molar-refractivity contribution >= 4 is 21.9 Å². The summed E-state index contributed by atoms with van der Waals surface area (Å²) >= 11 is 2.89. The van der Waals surface area contributed by atoms with Gasteiger partial charge in [-0.2, -0.15) is 0 Å². The van der Waals surface area contributed by atoms with Gasteiger partial charge in [0.05, 0.1) is 0 Å². The van der Waals surface area contributed by atoms with Crippen LogP contribution < -0.4 is 0 Å². The Labute approximate surface area is 84.1 Å². The number of aliphatic hydroxyl groups excluding tert-OH is 1. The first-order chi connectivity index (χ1) is 6.13. The molecule has 0 aliphatic carbocycles. The van der Waals surface area contributed by atoms with Crippen LogP contribution in [0.15, 0.2) is 30.3 Å². The zero-order chi connectivity index (χ0) is 9.84. The van der Waals surface area contributed by atoms with E-state index in [0.29, 0.717) is 5.56 Å². The zero-order valence-corrected chi connectivity index (χ0v) is 8.31. The third-order valence-corrected chi connectivity index (χ3v) is 2.55. The molecule has 0 aliphatic heterocycles. The lowest BCUT2D eigenvalue weighted by Crippen LogP contribution is -2.21. The molecule has 3 nitrogen and oxygen atoms in total. The van der Waals surface area contributed by atoms with Crippen molar-refractivity contribution in [1.29, 1.82) is 0 Å². The molecule has 0 saturated carbocycles. The molecule has 70 valence electrons. The summed E-state index contributed by atoms with van der Waals surface area (Å²) in [5, 5.41) is 18.1. The maximum Gasteiger partial charge on any atom is 0.320 e. The van der Waals surface area contributed by atoms with Crippen LogP contribution in [0, 0.1) is 0 Å². The molecule has 0 aromatic heterocycles. The maximum absolute atomic E-state index is 10.5. The summed E-state index contributed by atoms with van der Waals surface area (Å²) in [5.41, 5.74) is 0.590. The Kier molecular flexibility index (Phi) is 3.45. The van der Waals surface area contributed by atoms with Gasteiger partial charge < -0.3 is 10.2 Å². The molecule has 0 bridgehead atoms. The lowest BCUT2D eigenvalue weighted by molar-refractivity contribution is -0.138. The molecule has 0 saturated heterocycles. The number of carboxylic acid groups (broad SMARTS) is 1. The molecule has 0 unspecified atom stereocenters. The van der Waals surface area contributed by atoms with Crippen LogP contribution in [0.2, 0.25) is 0 Å². The molecular weight excluding hydrogens is 236 g/mol. The standard InChI is InChI=1S/C9H9BrO3/c10-7(9(12)13)8(11)6-4-2-1-3-5-6/h1-5,7-8,11H,(H,12,13)/t7-,8+/m0/s1. The van der Waals surface area contributed by atoms with E-state index in [0.717, 1.165) is 0 Å². The van der Waals surface area contributed by atoms with Crippen molar-refractivity contribution in [2.75, 3.05) is 0 Å². The van der Waals surface area contributed by atoms with E-state index in [1.54, 1.807) is 30.3 Å². The molecule has 1 aromatic rings. The molecule has 0 spiro atoms. The summed E-state index contributed by atoms with van der Waals surface area (Å²) in [4.78, 5) is 9.54. The summed E-state index contributed by atoms with van der Waals surface area (Å²) < 4.78 is 0. The fourth-order valence-electron chi connectivity index (χ4n) is 0.954. The van der Waals surface area contributed by atoms with E-state index >= 15 is 0 Å². The fraction of sp³-hybridized carbons (Fsp3) is 0.222. The lowest BCUT2D eigenvalue weighted by Gasteiger charge is -2.13. The number of alkyl halides is 1. The summed E-state index contributed by atoms with van der Waals surface area (Å²) in [5.74, 6) is -1.07. The molecule has 1 aromatic carbocycles. The molecule has 0 radical (unpaired) electrons. The van der Waals surface area contributed by atoms with E-state index in [1.165, 1.54) is 0 Å². The highest BCUT2D eigenvalue weighted by atomic mass is 79.9. The number of aliphatic hydroxyl groups is 1. The average molecular weight is 245 g/mol. The summed E-state index contributed by atoms with van der Waals surface area (Å²) in [6, 6.07) is 8.67. The first-order valence-corrected chi connectivity index (χ1v) is 4.64. The van der Waals surface area contributed by atoms with Crippen LogP contribution >= 0.6 is 15.9 Å². The van der Waals surface area contributed by atoms with E-state index in [9.17, 15) is 9.90 Å². The molecule has 2 atom stereocenters. The first-order valence-electron chi connectivity index (χ1n) is 3.73. The van der Waals surface area contributed by atoms with Crippen LogP contribution in [0.3, 0.4) is 0 Å². The molecule has 0 heterocycles. The third kappa shape index (κ3) is 2.54. The van der Waals surface area contributed by atoms with E-state index in [4.69, 9.17) is 5.11 Å². The highest BCUT2D eigenvalue weighted by Gasteiger charge is 2.24. The van der Waals surface area contributed by atoms with E-state index in [2.05, 4.69) is 15.9 Å². The Balaban J connectivity index is 2.79. The van der Waals surface area contributed by atoms with Crippen molar-refractivity contribution < 1.29 is 15.0 Å². The van der Waals surface area contributed by atoms with Gasteiger partial charge in [-0.05, 0) is 5.56 Å². The molecule has 4 heteroatoms. The second kappa shape index (κ2) is 4.39. The summed E-state index contributed by atoms with van der Waals surface area (Å²) in [7, 11) is 0. The minimum atomic E-state index is -1.07. The lowest BCUT2D eigenvalue weighted by atomic mass is 10.1. The van der Waals surface area contributed by atoms with E-state index < -0.39 is 16.9 Å². The average Bonchev–Trinajstić information content (AvgIpc) is 2.17. The van der Waals surface area contributed by atoms with E-state index in [1.807, 2.05) is 0 Å². The van der Waals surface area contributed by atoms with Gasteiger partial charge in [-0.1, -0.05) is 46.3 Å². The number of carboxylic acids is 1. The largest absolute Gasteiger partial charge is 0.480 e. The van der Waals surface area contributed by atoms with E-state index in [-0.39, 0.29) is 0 Å².